The Hall–Kier alpha value is -2.94. The van der Waals surface area contributed by atoms with Crippen LogP contribution in [0.1, 0.15) is 10.4 Å². The van der Waals surface area contributed by atoms with Gasteiger partial charge in [-0.25, -0.2) is 13.2 Å². The first-order valence-electron chi connectivity index (χ1n) is 7.37. The molecule has 0 saturated carbocycles. The molecule has 0 bridgehead atoms. The molecular formula is C17H19NO7S. The molecule has 0 atom stereocenters. The number of rotatable bonds is 7. The van der Waals surface area contributed by atoms with Crippen molar-refractivity contribution in [2.75, 3.05) is 33.2 Å². The summed E-state index contributed by atoms with van der Waals surface area (Å²) in [6.07, 6.45) is 0. The summed E-state index contributed by atoms with van der Waals surface area (Å²) in [6.45, 7) is 0. The van der Waals surface area contributed by atoms with Crippen LogP contribution in [0, 0.1) is 0 Å². The lowest BCUT2D eigenvalue weighted by Crippen LogP contribution is -2.16. The van der Waals surface area contributed by atoms with Crippen molar-refractivity contribution in [3.63, 3.8) is 0 Å². The van der Waals surface area contributed by atoms with Gasteiger partial charge in [0.2, 0.25) is 0 Å². The van der Waals surface area contributed by atoms with E-state index in [0.29, 0.717) is 5.75 Å². The number of hydrogen-bond donors (Lipinski definition) is 1. The number of benzene rings is 2. The average Bonchev–Trinajstić information content (AvgIpc) is 2.66. The van der Waals surface area contributed by atoms with E-state index in [4.69, 9.17) is 18.9 Å². The van der Waals surface area contributed by atoms with Gasteiger partial charge in [0.25, 0.3) is 10.0 Å². The van der Waals surface area contributed by atoms with Crippen molar-refractivity contribution in [2.24, 2.45) is 0 Å². The lowest BCUT2D eigenvalue weighted by molar-refractivity contribution is 0.0601. The Balaban J connectivity index is 2.50. The summed E-state index contributed by atoms with van der Waals surface area (Å²) in [5, 5.41) is 0. The molecule has 0 amide bonds. The summed E-state index contributed by atoms with van der Waals surface area (Å²) in [5.74, 6) is 0.316. The Labute approximate surface area is 151 Å². The summed E-state index contributed by atoms with van der Waals surface area (Å²) >= 11 is 0. The molecule has 0 aliphatic carbocycles. The fourth-order valence-corrected chi connectivity index (χ4v) is 3.27. The van der Waals surface area contributed by atoms with Crippen LogP contribution in [-0.2, 0) is 14.8 Å². The second-order valence-electron chi connectivity index (χ2n) is 5.03. The fraction of sp³-hybridized carbons (Fsp3) is 0.235. The van der Waals surface area contributed by atoms with Gasteiger partial charge in [0.1, 0.15) is 5.75 Å². The second-order valence-corrected chi connectivity index (χ2v) is 6.71. The van der Waals surface area contributed by atoms with Gasteiger partial charge in [0.05, 0.1) is 44.6 Å². The predicted octanol–water partition coefficient (Wildman–Crippen LogP) is 2.30. The molecule has 0 fully saturated rings. The highest BCUT2D eigenvalue weighted by molar-refractivity contribution is 7.92. The number of methoxy groups -OCH3 is 4. The molecule has 8 nitrogen and oxygen atoms in total. The first-order valence-corrected chi connectivity index (χ1v) is 8.85. The van der Waals surface area contributed by atoms with Crippen LogP contribution in [0.25, 0.3) is 0 Å². The number of anilines is 1. The van der Waals surface area contributed by atoms with E-state index in [9.17, 15) is 13.2 Å². The standard InChI is InChI=1S/C17H19NO7S/c1-22-11-5-7-12(8-6-11)26(20,21)18-14-10-16(24-3)15(23-2)9-13(14)17(19)25-4/h5-10,18H,1-4H3. The Morgan fingerprint density at radius 3 is 1.96 bits per heavy atom. The molecule has 0 aliphatic rings. The van der Waals surface area contributed by atoms with Gasteiger partial charge in [-0.1, -0.05) is 0 Å². The van der Waals surface area contributed by atoms with Gasteiger partial charge in [-0.2, -0.15) is 0 Å². The smallest absolute Gasteiger partial charge is 0.340 e. The van der Waals surface area contributed by atoms with E-state index in [-0.39, 0.29) is 27.6 Å². The van der Waals surface area contributed by atoms with Crippen molar-refractivity contribution in [1.29, 1.82) is 0 Å². The zero-order chi connectivity index (χ0) is 19.3. The molecule has 0 aromatic heterocycles. The number of carbonyl (C=O) groups is 1. The predicted molar refractivity (Wildman–Crippen MR) is 94.7 cm³/mol. The molecule has 0 aliphatic heterocycles. The van der Waals surface area contributed by atoms with Gasteiger partial charge in [-0.15, -0.1) is 0 Å². The van der Waals surface area contributed by atoms with Crippen LogP contribution in [0.5, 0.6) is 17.2 Å². The molecular weight excluding hydrogens is 362 g/mol. The maximum atomic E-state index is 12.6. The van der Waals surface area contributed by atoms with Crippen LogP contribution < -0.4 is 18.9 Å². The Bertz CT molecular complexity index is 892. The minimum absolute atomic E-state index is 0.00361. The zero-order valence-corrected chi connectivity index (χ0v) is 15.5. The molecule has 0 unspecified atom stereocenters. The van der Waals surface area contributed by atoms with Crippen molar-refractivity contribution in [2.45, 2.75) is 4.90 Å². The van der Waals surface area contributed by atoms with Crippen molar-refractivity contribution < 1.29 is 32.2 Å². The lowest BCUT2D eigenvalue weighted by atomic mass is 10.1. The maximum Gasteiger partial charge on any atom is 0.340 e. The van der Waals surface area contributed by atoms with Crippen LogP contribution in [0.4, 0.5) is 5.69 Å². The number of esters is 1. The van der Waals surface area contributed by atoms with Gasteiger partial charge in [0, 0.05) is 12.1 Å². The number of ether oxygens (including phenoxy) is 4. The minimum Gasteiger partial charge on any atom is -0.497 e. The summed E-state index contributed by atoms with van der Waals surface area (Å²) in [5.41, 5.74) is -0.00689. The quantitative estimate of drug-likeness (QED) is 0.735. The summed E-state index contributed by atoms with van der Waals surface area (Å²) in [4.78, 5) is 12.0. The van der Waals surface area contributed by atoms with Crippen molar-refractivity contribution in [1.82, 2.24) is 0 Å². The van der Waals surface area contributed by atoms with E-state index < -0.39 is 16.0 Å². The first-order chi connectivity index (χ1) is 12.4. The summed E-state index contributed by atoms with van der Waals surface area (Å²) in [6, 6.07) is 8.51. The third-order valence-corrected chi connectivity index (χ3v) is 4.92. The summed E-state index contributed by atoms with van der Waals surface area (Å²) < 4.78 is 47.7. The van der Waals surface area contributed by atoms with E-state index in [1.165, 1.54) is 64.8 Å². The van der Waals surface area contributed by atoms with Crippen LogP contribution in [0.2, 0.25) is 0 Å². The molecule has 2 aromatic carbocycles. The van der Waals surface area contributed by atoms with Crippen molar-refractivity contribution in [3.05, 3.63) is 42.0 Å². The van der Waals surface area contributed by atoms with Crippen LogP contribution in [-0.4, -0.2) is 42.8 Å². The topological polar surface area (TPSA) is 100 Å². The molecule has 26 heavy (non-hydrogen) atoms. The molecule has 0 radical (unpaired) electrons. The highest BCUT2D eigenvalue weighted by Crippen LogP contribution is 2.34. The molecule has 1 N–H and O–H groups in total. The molecule has 140 valence electrons. The third-order valence-electron chi connectivity index (χ3n) is 3.54. The molecule has 2 aromatic rings. The number of nitrogens with one attached hydrogen (secondary N) is 1. The minimum atomic E-state index is -3.96. The van der Waals surface area contributed by atoms with E-state index in [0.717, 1.165) is 0 Å². The van der Waals surface area contributed by atoms with Crippen LogP contribution in [0.3, 0.4) is 0 Å². The van der Waals surface area contributed by atoms with E-state index in [1.807, 2.05) is 0 Å². The first kappa shape index (κ1) is 19.4. The van der Waals surface area contributed by atoms with Crippen LogP contribution >= 0.6 is 0 Å². The monoisotopic (exact) mass is 381 g/mol. The normalized spacial score (nSPS) is 10.8. The number of sulfonamides is 1. The summed E-state index contributed by atoms with van der Waals surface area (Å²) in [7, 11) is 1.52. The van der Waals surface area contributed by atoms with Gasteiger partial charge in [0.15, 0.2) is 11.5 Å². The van der Waals surface area contributed by atoms with Gasteiger partial charge < -0.3 is 18.9 Å². The van der Waals surface area contributed by atoms with Crippen molar-refractivity contribution in [3.8, 4) is 17.2 Å². The van der Waals surface area contributed by atoms with Crippen LogP contribution in [0.15, 0.2) is 41.3 Å². The van der Waals surface area contributed by atoms with E-state index in [1.54, 1.807) is 0 Å². The van der Waals surface area contributed by atoms with Gasteiger partial charge in [-0.05, 0) is 24.3 Å². The molecule has 0 heterocycles. The highest BCUT2D eigenvalue weighted by atomic mass is 32.2. The Morgan fingerprint density at radius 2 is 1.46 bits per heavy atom. The zero-order valence-electron chi connectivity index (χ0n) is 14.7. The van der Waals surface area contributed by atoms with Crippen molar-refractivity contribution >= 4 is 21.7 Å². The maximum absolute atomic E-state index is 12.6. The molecule has 0 spiro atoms. The third kappa shape index (κ3) is 3.99. The second kappa shape index (κ2) is 7.96. The highest BCUT2D eigenvalue weighted by Gasteiger charge is 2.22. The number of hydrogen-bond acceptors (Lipinski definition) is 7. The SMILES string of the molecule is COC(=O)c1cc(OC)c(OC)cc1NS(=O)(=O)c1ccc(OC)cc1. The molecule has 9 heteroatoms. The van der Waals surface area contributed by atoms with E-state index in [2.05, 4.69) is 4.72 Å². The number of carbonyl (C=O) groups excluding carboxylic acids is 1. The van der Waals surface area contributed by atoms with Gasteiger partial charge in [-0.3, -0.25) is 4.72 Å². The molecule has 2 rings (SSSR count). The average molecular weight is 381 g/mol. The fourth-order valence-electron chi connectivity index (χ4n) is 2.20. The Morgan fingerprint density at radius 1 is 0.885 bits per heavy atom. The molecule has 0 saturated heterocycles. The largest absolute Gasteiger partial charge is 0.497 e. The lowest BCUT2D eigenvalue weighted by Gasteiger charge is -2.15. The van der Waals surface area contributed by atoms with Gasteiger partial charge >= 0.3 is 5.97 Å². The Kier molecular flexibility index (Phi) is 5.93. The van der Waals surface area contributed by atoms with E-state index >= 15 is 0 Å².